The van der Waals surface area contributed by atoms with E-state index >= 15 is 0 Å². The number of anilines is 2. The van der Waals surface area contributed by atoms with E-state index in [1.165, 1.54) is 36.4 Å². The van der Waals surface area contributed by atoms with Gasteiger partial charge in [-0.1, -0.05) is 24.3 Å². The van der Waals surface area contributed by atoms with E-state index in [4.69, 9.17) is 16.5 Å². The van der Waals surface area contributed by atoms with Crippen molar-refractivity contribution >= 4 is 38.1 Å². The van der Waals surface area contributed by atoms with Gasteiger partial charge in [-0.25, -0.2) is 12.4 Å². The highest BCUT2D eigenvalue weighted by atomic mass is 32.2. The number of alkyl halides is 3. The van der Waals surface area contributed by atoms with Crippen LogP contribution in [0.1, 0.15) is 40.9 Å². The number of ketones is 1. The Balaban J connectivity index is 0.00000172. The molecule has 1 saturated heterocycles. The van der Waals surface area contributed by atoms with Crippen molar-refractivity contribution in [2.75, 3.05) is 23.7 Å². The molecule has 0 saturated carbocycles. The smallest absolute Gasteiger partial charge is 0.398 e. The number of halogens is 3. The minimum absolute atomic E-state index is 0.0893. The zero-order chi connectivity index (χ0) is 28.4. The zero-order valence-corrected chi connectivity index (χ0v) is 21.4. The number of carbonyl (C=O) groups is 1. The number of hydrogen-bond acceptors (Lipinski definition) is 7. The molecule has 1 fully saturated rings. The van der Waals surface area contributed by atoms with Crippen LogP contribution in [-0.4, -0.2) is 31.3 Å². The summed E-state index contributed by atoms with van der Waals surface area (Å²) in [4.78, 5) is 15.8. The second-order valence-corrected chi connectivity index (χ2v) is 10.8. The summed E-state index contributed by atoms with van der Waals surface area (Å²) >= 11 is 0. The Bertz CT molecular complexity index is 1640. The van der Waals surface area contributed by atoms with Crippen molar-refractivity contribution in [3.05, 3.63) is 89.6 Å². The van der Waals surface area contributed by atoms with Crippen molar-refractivity contribution in [2.45, 2.75) is 30.3 Å². The Hall–Kier alpha value is -4.37. The molecule has 1 aliphatic rings. The van der Waals surface area contributed by atoms with Crippen LogP contribution in [0.15, 0.2) is 77.7 Å². The van der Waals surface area contributed by atoms with Gasteiger partial charge in [0.1, 0.15) is 5.69 Å². The number of rotatable bonds is 5. The lowest BCUT2D eigenvalue weighted by atomic mass is 10.0. The number of carbonyl (C=O) groups excluding carboxylic acids is 1. The Morgan fingerprint density at radius 2 is 1.54 bits per heavy atom. The van der Waals surface area contributed by atoms with E-state index in [9.17, 15) is 26.4 Å². The third kappa shape index (κ3) is 5.31. The van der Waals surface area contributed by atoms with Gasteiger partial charge in [-0.05, 0) is 67.8 Å². The van der Waals surface area contributed by atoms with Gasteiger partial charge in [-0.3, -0.25) is 4.79 Å². The molecule has 0 spiro atoms. The maximum atomic E-state index is 13.8. The molecule has 2 N–H and O–H groups in total. The van der Waals surface area contributed by atoms with Gasteiger partial charge < -0.3 is 10.6 Å². The molecule has 5 rings (SSSR count). The molecule has 0 unspecified atom stereocenters. The van der Waals surface area contributed by atoms with Crippen LogP contribution in [0, 0.1) is 10.8 Å². The van der Waals surface area contributed by atoms with Gasteiger partial charge in [-0.2, -0.15) is 13.2 Å². The average molecular weight is 556 g/mol. The minimum atomic E-state index is -4.70. The standard InChI is InChI=1S/C27H24F3N3O3S.N2/c28-27(29,30)19-10-9-18-15-25(33(24(18)16-19)37(35,36)21-7-3-1-4-8-21)26(34)22-17-20(11-12-23(22)31)32-13-5-2-6-14-32;1-2/h1,3-4,7-12,15-17H,2,5-6,13-14,31H2;. The summed E-state index contributed by atoms with van der Waals surface area (Å²) in [6, 6.07) is 16.4. The molecule has 8 nitrogen and oxygen atoms in total. The van der Waals surface area contributed by atoms with E-state index in [1.807, 2.05) is 6.07 Å². The molecule has 39 heavy (non-hydrogen) atoms. The van der Waals surface area contributed by atoms with Crippen LogP contribution in [0.3, 0.4) is 0 Å². The molecule has 0 radical (unpaired) electrons. The molecule has 1 aliphatic heterocycles. The number of piperidine rings is 1. The summed E-state index contributed by atoms with van der Waals surface area (Å²) in [5.74, 6) is -0.694. The number of hydrogen-bond donors (Lipinski definition) is 1. The van der Waals surface area contributed by atoms with Gasteiger partial charge >= 0.3 is 6.18 Å². The van der Waals surface area contributed by atoms with Gasteiger partial charge in [-0.15, -0.1) is 0 Å². The second kappa shape index (κ2) is 10.8. The molecule has 0 amide bonds. The van der Waals surface area contributed by atoms with Gasteiger partial charge in [0.05, 0.1) is 16.0 Å². The van der Waals surface area contributed by atoms with Crippen molar-refractivity contribution in [3.63, 3.8) is 0 Å². The lowest BCUT2D eigenvalue weighted by molar-refractivity contribution is -0.137. The average Bonchev–Trinajstić information content (AvgIpc) is 3.34. The number of benzene rings is 3. The van der Waals surface area contributed by atoms with E-state index in [0.29, 0.717) is 3.97 Å². The highest BCUT2D eigenvalue weighted by Gasteiger charge is 2.33. The first kappa shape index (κ1) is 27.7. The molecular formula is C27H24F3N5O3S. The number of fused-ring (bicyclic) bond motifs is 1. The molecule has 0 atom stereocenters. The lowest BCUT2D eigenvalue weighted by Crippen LogP contribution is -2.29. The van der Waals surface area contributed by atoms with Crippen LogP contribution >= 0.6 is 0 Å². The van der Waals surface area contributed by atoms with E-state index in [1.54, 1.807) is 18.2 Å². The van der Waals surface area contributed by atoms with Crippen molar-refractivity contribution in [1.29, 1.82) is 10.8 Å². The van der Waals surface area contributed by atoms with Gasteiger partial charge in [0.25, 0.3) is 10.0 Å². The van der Waals surface area contributed by atoms with Crippen LogP contribution in [0.2, 0.25) is 0 Å². The molecule has 1 aromatic heterocycles. The minimum Gasteiger partial charge on any atom is -0.398 e. The van der Waals surface area contributed by atoms with Crippen LogP contribution in [-0.2, 0) is 16.2 Å². The summed E-state index contributed by atoms with van der Waals surface area (Å²) in [6.45, 7) is 1.64. The van der Waals surface area contributed by atoms with E-state index in [0.717, 1.165) is 50.2 Å². The molecule has 12 heteroatoms. The third-order valence-electron chi connectivity index (χ3n) is 6.60. The molecule has 202 valence electrons. The molecule has 2 heterocycles. The van der Waals surface area contributed by atoms with Crippen molar-refractivity contribution in [2.24, 2.45) is 0 Å². The van der Waals surface area contributed by atoms with E-state index in [-0.39, 0.29) is 32.7 Å². The van der Waals surface area contributed by atoms with Gasteiger partial charge in [0, 0.05) is 46.2 Å². The largest absolute Gasteiger partial charge is 0.416 e. The fourth-order valence-corrected chi connectivity index (χ4v) is 6.22. The molecule has 3 aromatic carbocycles. The van der Waals surface area contributed by atoms with Crippen molar-refractivity contribution in [3.8, 4) is 0 Å². The first-order valence-electron chi connectivity index (χ1n) is 12.0. The summed E-state index contributed by atoms with van der Waals surface area (Å²) in [7, 11) is -4.43. The lowest BCUT2D eigenvalue weighted by Gasteiger charge is -2.29. The SMILES string of the molecule is N#N.Nc1ccc(N2CCCCC2)cc1C(=O)c1cc2ccc(C(F)(F)F)cc2n1S(=O)(=O)c1ccccc1. The fraction of sp³-hybridized carbons (Fsp3) is 0.222. The monoisotopic (exact) mass is 555 g/mol. The van der Waals surface area contributed by atoms with Gasteiger partial charge in [0.15, 0.2) is 0 Å². The summed E-state index contributed by atoms with van der Waals surface area (Å²) in [6.07, 6.45) is -1.55. The Kier molecular flexibility index (Phi) is 7.65. The molecule has 0 aliphatic carbocycles. The van der Waals surface area contributed by atoms with Crippen LogP contribution in [0.4, 0.5) is 24.5 Å². The van der Waals surface area contributed by atoms with E-state index < -0.39 is 27.5 Å². The zero-order valence-electron chi connectivity index (χ0n) is 20.6. The van der Waals surface area contributed by atoms with Gasteiger partial charge in [0.2, 0.25) is 5.78 Å². The number of nitrogens with two attached hydrogens (primary N) is 1. The number of nitrogens with zero attached hydrogens (tertiary/aromatic N) is 4. The summed E-state index contributed by atoms with van der Waals surface area (Å²) in [5, 5.41) is 12.2. The highest BCUT2D eigenvalue weighted by molar-refractivity contribution is 7.90. The predicted octanol–water partition coefficient (Wildman–Crippen LogP) is 5.73. The second-order valence-electron chi connectivity index (χ2n) is 9.03. The maximum absolute atomic E-state index is 13.8. The number of nitrogen functional groups attached to an aromatic ring is 1. The van der Waals surface area contributed by atoms with Crippen molar-refractivity contribution in [1.82, 2.24) is 3.97 Å². The molecular weight excluding hydrogens is 531 g/mol. The van der Waals surface area contributed by atoms with E-state index in [2.05, 4.69) is 4.90 Å². The Morgan fingerprint density at radius 1 is 0.872 bits per heavy atom. The number of aromatic nitrogens is 1. The topological polar surface area (TPSA) is 133 Å². The highest BCUT2D eigenvalue weighted by Crippen LogP contribution is 2.35. The normalized spacial score (nSPS) is 14.0. The van der Waals surface area contributed by atoms with Crippen molar-refractivity contribution < 1.29 is 26.4 Å². The quantitative estimate of drug-likeness (QED) is 0.189. The summed E-state index contributed by atoms with van der Waals surface area (Å²) in [5.41, 5.74) is 5.62. The first-order chi connectivity index (χ1) is 18.6. The van der Waals surface area contributed by atoms with Crippen LogP contribution < -0.4 is 10.6 Å². The third-order valence-corrected chi connectivity index (χ3v) is 8.35. The Labute approximate surface area is 222 Å². The maximum Gasteiger partial charge on any atom is 0.416 e. The fourth-order valence-electron chi connectivity index (χ4n) is 4.70. The molecule has 0 bridgehead atoms. The Morgan fingerprint density at radius 3 is 2.18 bits per heavy atom. The molecule has 4 aromatic rings. The van der Waals surface area contributed by atoms with Crippen LogP contribution in [0.25, 0.3) is 10.9 Å². The predicted molar refractivity (Wildman–Crippen MR) is 140 cm³/mol. The first-order valence-corrected chi connectivity index (χ1v) is 13.4. The van der Waals surface area contributed by atoms with Crippen LogP contribution in [0.5, 0.6) is 0 Å². The summed E-state index contributed by atoms with van der Waals surface area (Å²) < 4.78 is 68.7.